The molecule has 0 aromatic rings. The summed E-state index contributed by atoms with van der Waals surface area (Å²) >= 11 is 3.38. The van der Waals surface area contributed by atoms with Gasteiger partial charge in [0.1, 0.15) is 5.78 Å². The number of carbonyl (C=O) groups excluding carboxylic acids is 1. The molecule has 0 amide bonds. The molecular formula is C10H19BrO. The average Bonchev–Trinajstić information content (AvgIpc) is 2.03. The number of alkyl halides is 1. The van der Waals surface area contributed by atoms with Crippen LogP contribution in [0.2, 0.25) is 0 Å². The minimum absolute atomic E-state index is 0.302. The predicted molar refractivity (Wildman–Crippen MR) is 56.7 cm³/mol. The molecule has 0 heterocycles. The van der Waals surface area contributed by atoms with Crippen LogP contribution in [0, 0.1) is 5.92 Å². The van der Waals surface area contributed by atoms with E-state index in [2.05, 4.69) is 22.9 Å². The molecule has 1 unspecified atom stereocenters. The second kappa shape index (κ2) is 7.78. The summed E-state index contributed by atoms with van der Waals surface area (Å²) in [5, 5.41) is 0.948. The van der Waals surface area contributed by atoms with Gasteiger partial charge >= 0.3 is 0 Å². The summed E-state index contributed by atoms with van der Waals surface area (Å²) in [5.41, 5.74) is 0. The topological polar surface area (TPSA) is 17.1 Å². The summed E-state index contributed by atoms with van der Waals surface area (Å²) in [4.78, 5) is 11.1. The standard InChI is InChI=1S/C10H19BrO/c1-3-4-5-6-10(7-8-11)9(2)12/h10H,3-8H2,1-2H3. The van der Waals surface area contributed by atoms with E-state index in [0.717, 1.165) is 18.2 Å². The maximum atomic E-state index is 11.1. The van der Waals surface area contributed by atoms with E-state index in [9.17, 15) is 4.79 Å². The van der Waals surface area contributed by atoms with Gasteiger partial charge in [-0.1, -0.05) is 42.1 Å². The van der Waals surface area contributed by atoms with Crippen molar-refractivity contribution < 1.29 is 4.79 Å². The van der Waals surface area contributed by atoms with E-state index in [-0.39, 0.29) is 0 Å². The van der Waals surface area contributed by atoms with Crippen molar-refractivity contribution in [3.8, 4) is 0 Å². The lowest BCUT2D eigenvalue weighted by molar-refractivity contribution is -0.121. The molecule has 0 aromatic carbocycles. The van der Waals surface area contributed by atoms with Gasteiger partial charge in [-0.05, 0) is 19.8 Å². The molecule has 0 aliphatic heterocycles. The van der Waals surface area contributed by atoms with Crippen molar-refractivity contribution in [2.24, 2.45) is 5.92 Å². The SMILES string of the molecule is CCCCCC(CCBr)C(C)=O. The molecule has 0 aliphatic carbocycles. The summed E-state index contributed by atoms with van der Waals surface area (Å²) < 4.78 is 0. The fourth-order valence-corrected chi connectivity index (χ4v) is 1.88. The molecule has 0 bridgehead atoms. The van der Waals surface area contributed by atoms with Gasteiger partial charge in [0, 0.05) is 11.2 Å². The van der Waals surface area contributed by atoms with E-state index in [0.29, 0.717) is 11.7 Å². The maximum Gasteiger partial charge on any atom is 0.132 e. The zero-order chi connectivity index (χ0) is 9.40. The Labute approximate surface area is 84.1 Å². The number of hydrogen-bond acceptors (Lipinski definition) is 1. The smallest absolute Gasteiger partial charge is 0.132 e. The molecule has 0 spiro atoms. The molecule has 0 aromatic heterocycles. The second-order valence-corrected chi connectivity index (χ2v) is 4.07. The van der Waals surface area contributed by atoms with Crippen LogP contribution in [0.1, 0.15) is 46.0 Å². The van der Waals surface area contributed by atoms with E-state index >= 15 is 0 Å². The Balaban J connectivity index is 3.56. The highest BCUT2D eigenvalue weighted by atomic mass is 79.9. The van der Waals surface area contributed by atoms with E-state index in [1.807, 2.05) is 0 Å². The van der Waals surface area contributed by atoms with Gasteiger partial charge in [0.25, 0.3) is 0 Å². The Bertz CT molecular complexity index is 123. The van der Waals surface area contributed by atoms with Crippen molar-refractivity contribution in [2.45, 2.75) is 46.0 Å². The van der Waals surface area contributed by atoms with Crippen molar-refractivity contribution in [1.82, 2.24) is 0 Å². The van der Waals surface area contributed by atoms with Gasteiger partial charge in [-0.3, -0.25) is 4.79 Å². The first-order valence-corrected chi connectivity index (χ1v) is 5.91. The van der Waals surface area contributed by atoms with Crippen LogP contribution in [-0.4, -0.2) is 11.1 Å². The first kappa shape index (κ1) is 12.2. The van der Waals surface area contributed by atoms with Crippen molar-refractivity contribution in [3.63, 3.8) is 0 Å². The monoisotopic (exact) mass is 234 g/mol. The lowest BCUT2D eigenvalue weighted by atomic mass is 9.95. The van der Waals surface area contributed by atoms with Crippen LogP contribution >= 0.6 is 15.9 Å². The van der Waals surface area contributed by atoms with Gasteiger partial charge in [0.05, 0.1) is 0 Å². The van der Waals surface area contributed by atoms with Gasteiger partial charge in [0.15, 0.2) is 0 Å². The summed E-state index contributed by atoms with van der Waals surface area (Å²) in [7, 11) is 0. The Morgan fingerprint density at radius 2 is 2.00 bits per heavy atom. The Hall–Kier alpha value is 0.150. The molecule has 72 valence electrons. The van der Waals surface area contributed by atoms with Crippen molar-refractivity contribution in [3.05, 3.63) is 0 Å². The molecule has 1 atom stereocenters. The average molecular weight is 235 g/mol. The Kier molecular flexibility index (Phi) is 7.88. The van der Waals surface area contributed by atoms with Crippen molar-refractivity contribution >= 4 is 21.7 Å². The largest absolute Gasteiger partial charge is 0.300 e. The minimum atomic E-state index is 0.302. The number of unbranched alkanes of at least 4 members (excludes halogenated alkanes) is 2. The van der Waals surface area contributed by atoms with Gasteiger partial charge in [-0.25, -0.2) is 0 Å². The fourth-order valence-electron chi connectivity index (χ4n) is 1.32. The molecule has 0 saturated carbocycles. The maximum absolute atomic E-state index is 11.1. The fraction of sp³-hybridized carbons (Fsp3) is 0.900. The molecule has 0 radical (unpaired) electrons. The normalized spacial score (nSPS) is 12.9. The molecular weight excluding hydrogens is 216 g/mol. The molecule has 1 nitrogen and oxygen atoms in total. The lowest BCUT2D eigenvalue weighted by Gasteiger charge is -2.10. The highest BCUT2D eigenvalue weighted by Gasteiger charge is 2.11. The van der Waals surface area contributed by atoms with Gasteiger partial charge in [0.2, 0.25) is 0 Å². The predicted octanol–water partition coefficient (Wildman–Crippen LogP) is 3.56. The van der Waals surface area contributed by atoms with E-state index in [1.165, 1.54) is 19.3 Å². The van der Waals surface area contributed by atoms with Crippen LogP contribution in [0.15, 0.2) is 0 Å². The van der Waals surface area contributed by atoms with Crippen LogP contribution in [0.3, 0.4) is 0 Å². The zero-order valence-electron chi connectivity index (χ0n) is 8.11. The number of halogens is 1. The molecule has 2 heteroatoms. The zero-order valence-corrected chi connectivity index (χ0v) is 9.69. The second-order valence-electron chi connectivity index (χ2n) is 3.28. The first-order chi connectivity index (χ1) is 5.72. The molecule has 0 saturated heterocycles. The third-order valence-electron chi connectivity index (χ3n) is 2.19. The van der Waals surface area contributed by atoms with Gasteiger partial charge in [-0.2, -0.15) is 0 Å². The van der Waals surface area contributed by atoms with Crippen LogP contribution < -0.4 is 0 Å². The van der Waals surface area contributed by atoms with E-state index in [1.54, 1.807) is 6.92 Å². The highest BCUT2D eigenvalue weighted by molar-refractivity contribution is 9.09. The minimum Gasteiger partial charge on any atom is -0.300 e. The summed E-state index contributed by atoms with van der Waals surface area (Å²) in [5.74, 6) is 0.654. The van der Waals surface area contributed by atoms with Crippen LogP contribution in [0.4, 0.5) is 0 Å². The molecule has 0 N–H and O–H groups in total. The van der Waals surface area contributed by atoms with Gasteiger partial charge in [-0.15, -0.1) is 0 Å². The quantitative estimate of drug-likeness (QED) is 0.487. The first-order valence-electron chi connectivity index (χ1n) is 4.78. The molecule has 0 aliphatic rings. The number of Topliss-reactive ketones (excluding diaryl/α,β-unsaturated/α-hetero) is 1. The number of hydrogen-bond donors (Lipinski definition) is 0. The van der Waals surface area contributed by atoms with Gasteiger partial charge < -0.3 is 0 Å². The third kappa shape index (κ3) is 5.76. The van der Waals surface area contributed by atoms with Crippen LogP contribution in [-0.2, 0) is 4.79 Å². The van der Waals surface area contributed by atoms with Crippen LogP contribution in [0.25, 0.3) is 0 Å². The summed E-state index contributed by atoms with van der Waals surface area (Å²) in [6, 6.07) is 0. The lowest BCUT2D eigenvalue weighted by Crippen LogP contribution is -2.11. The van der Waals surface area contributed by atoms with Crippen molar-refractivity contribution in [1.29, 1.82) is 0 Å². The Morgan fingerprint density at radius 1 is 1.33 bits per heavy atom. The third-order valence-corrected chi connectivity index (χ3v) is 2.65. The summed E-state index contributed by atoms with van der Waals surface area (Å²) in [6.45, 7) is 3.90. The molecule has 0 rings (SSSR count). The summed E-state index contributed by atoms with van der Waals surface area (Å²) in [6.07, 6.45) is 5.77. The highest BCUT2D eigenvalue weighted by Crippen LogP contribution is 2.15. The van der Waals surface area contributed by atoms with E-state index < -0.39 is 0 Å². The Morgan fingerprint density at radius 3 is 2.42 bits per heavy atom. The number of rotatable bonds is 7. The number of ketones is 1. The van der Waals surface area contributed by atoms with Crippen LogP contribution in [0.5, 0.6) is 0 Å². The molecule has 12 heavy (non-hydrogen) atoms. The van der Waals surface area contributed by atoms with E-state index in [4.69, 9.17) is 0 Å². The van der Waals surface area contributed by atoms with Crippen molar-refractivity contribution in [2.75, 3.05) is 5.33 Å². The molecule has 0 fully saturated rings. The number of carbonyl (C=O) groups is 1.